The minimum absolute atomic E-state index is 0.118. The number of carbonyl (C=O) groups excluding carboxylic acids is 1. The number of halogens is 1. The van der Waals surface area contributed by atoms with E-state index in [-0.39, 0.29) is 5.91 Å². The van der Waals surface area contributed by atoms with Crippen LogP contribution in [0.1, 0.15) is 5.56 Å². The van der Waals surface area contributed by atoms with Crippen molar-refractivity contribution in [2.24, 2.45) is 0 Å². The number of alkyl halides is 1. The molecule has 14 heavy (non-hydrogen) atoms. The number of nitrogens with zero attached hydrogens (tertiary/aromatic N) is 1. The lowest BCUT2D eigenvalue weighted by Crippen LogP contribution is -2.33. The van der Waals surface area contributed by atoms with Crippen molar-refractivity contribution in [2.75, 3.05) is 18.5 Å². The highest BCUT2D eigenvalue weighted by molar-refractivity contribution is 9.09. The molecule has 0 fully saturated rings. The summed E-state index contributed by atoms with van der Waals surface area (Å²) in [6.45, 7) is 1.93. The molecule has 76 valence electrons. The highest BCUT2D eigenvalue weighted by atomic mass is 79.9. The molecular formula is C9H10BrNO2S. The summed E-state index contributed by atoms with van der Waals surface area (Å²) in [6.07, 6.45) is 0. The van der Waals surface area contributed by atoms with E-state index < -0.39 is 0 Å². The highest BCUT2D eigenvalue weighted by Crippen LogP contribution is 2.29. The topological polar surface area (TPSA) is 29.5 Å². The van der Waals surface area contributed by atoms with E-state index in [1.807, 2.05) is 16.3 Å². The maximum Gasteiger partial charge on any atom is 0.233 e. The number of carbonyl (C=O) groups is 1. The van der Waals surface area contributed by atoms with Crippen molar-refractivity contribution >= 4 is 33.2 Å². The van der Waals surface area contributed by atoms with E-state index in [9.17, 15) is 4.79 Å². The normalized spacial score (nSPS) is 15.6. The molecule has 2 rings (SSSR count). The monoisotopic (exact) mass is 275 g/mol. The lowest BCUT2D eigenvalue weighted by atomic mass is 10.3. The molecule has 0 saturated carbocycles. The number of amides is 1. The van der Waals surface area contributed by atoms with E-state index in [0.717, 1.165) is 10.6 Å². The van der Waals surface area contributed by atoms with Gasteiger partial charge in [-0.3, -0.25) is 4.79 Å². The fourth-order valence-electron chi connectivity index (χ4n) is 1.40. The Morgan fingerprint density at radius 2 is 2.57 bits per heavy atom. The van der Waals surface area contributed by atoms with Crippen LogP contribution in [-0.2, 0) is 11.3 Å². The summed E-state index contributed by atoms with van der Waals surface area (Å²) in [5.41, 5.74) is 1.11. The third kappa shape index (κ3) is 1.93. The molecule has 0 radical (unpaired) electrons. The molecule has 1 aromatic heterocycles. The van der Waals surface area contributed by atoms with E-state index in [2.05, 4.69) is 15.9 Å². The van der Waals surface area contributed by atoms with Gasteiger partial charge in [0.2, 0.25) is 5.91 Å². The molecule has 0 aromatic carbocycles. The second-order valence-electron chi connectivity index (χ2n) is 3.03. The van der Waals surface area contributed by atoms with E-state index in [0.29, 0.717) is 25.0 Å². The van der Waals surface area contributed by atoms with Gasteiger partial charge in [0.15, 0.2) is 5.06 Å². The Morgan fingerprint density at radius 1 is 1.71 bits per heavy atom. The fraction of sp³-hybridized carbons (Fsp3) is 0.444. The van der Waals surface area contributed by atoms with Gasteiger partial charge in [0.1, 0.15) is 6.61 Å². The molecule has 0 saturated heterocycles. The molecule has 2 heterocycles. The van der Waals surface area contributed by atoms with Gasteiger partial charge in [-0.2, -0.15) is 0 Å². The van der Waals surface area contributed by atoms with Gasteiger partial charge < -0.3 is 9.64 Å². The molecular weight excluding hydrogens is 266 g/mol. The number of ether oxygens (including phenoxy) is 1. The summed E-state index contributed by atoms with van der Waals surface area (Å²) in [7, 11) is 0. The molecule has 3 nitrogen and oxygen atoms in total. The summed E-state index contributed by atoms with van der Waals surface area (Å²) in [5, 5.41) is 3.33. The quantitative estimate of drug-likeness (QED) is 0.733. The predicted molar refractivity (Wildman–Crippen MR) is 59.0 cm³/mol. The number of rotatable bonds is 1. The Balaban J connectivity index is 2.15. The van der Waals surface area contributed by atoms with Crippen LogP contribution in [0.25, 0.3) is 0 Å². The first-order valence-corrected chi connectivity index (χ1v) is 6.34. The number of hydrogen-bond acceptors (Lipinski definition) is 3. The second-order valence-corrected chi connectivity index (χ2v) is 4.47. The maximum atomic E-state index is 11.5. The van der Waals surface area contributed by atoms with Gasteiger partial charge in [-0.25, -0.2) is 0 Å². The predicted octanol–water partition coefficient (Wildman–Crippen LogP) is 1.86. The van der Waals surface area contributed by atoms with Gasteiger partial charge in [-0.15, -0.1) is 11.3 Å². The van der Waals surface area contributed by atoms with E-state index in [4.69, 9.17) is 4.74 Å². The minimum atomic E-state index is 0.118. The summed E-state index contributed by atoms with van der Waals surface area (Å²) in [6, 6.07) is 2.01. The first-order valence-electron chi connectivity index (χ1n) is 4.34. The molecule has 5 heteroatoms. The van der Waals surface area contributed by atoms with Crippen molar-refractivity contribution in [1.29, 1.82) is 0 Å². The molecule has 0 atom stereocenters. The Bertz CT molecular complexity index is 339. The maximum absolute atomic E-state index is 11.5. The van der Waals surface area contributed by atoms with Crippen LogP contribution in [-0.4, -0.2) is 29.3 Å². The molecule has 0 aliphatic carbocycles. The van der Waals surface area contributed by atoms with Gasteiger partial charge >= 0.3 is 0 Å². The average molecular weight is 276 g/mol. The van der Waals surface area contributed by atoms with Crippen LogP contribution in [0, 0.1) is 0 Å². The zero-order chi connectivity index (χ0) is 9.97. The third-order valence-corrected chi connectivity index (χ3v) is 3.48. The van der Waals surface area contributed by atoms with Crippen LogP contribution < -0.4 is 4.74 Å². The second kappa shape index (κ2) is 4.31. The Morgan fingerprint density at radius 3 is 3.36 bits per heavy atom. The highest BCUT2D eigenvalue weighted by Gasteiger charge is 2.19. The molecule has 0 spiro atoms. The molecule has 1 aromatic rings. The van der Waals surface area contributed by atoms with Crippen molar-refractivity contribution < 1.29 is 9.53 Å². The molecule has 1 aliphatic rings. The summed E-state index contributed by atoms with van der Waals surface area (Å²) in [5.74, 6) is 0.118. The van der Waals surface area contributed by atoms with Crippen molar-refractivity contribution in [1.82, 2.24) is 4.90 Å². The van der Waals surface area contributed by atoms with Gasteiger partial charge in [0.05, 0.1) is 18.4 Å². The van der Waals surface area contributed by atoms with Gasteiger partial charge in [-0.05, 0) is 11.4 Å². The van der Waals surface area contributed by atoms with Crippen LogP contribution in [0.4, 0.5) is 0 Å². The van der Waals surface area contributed by atoms with Crippen molar-refractivity contribution in [3.63, 3.8) is 0 Å². The molecule has 1 aliphatic heterocycles. The Labute approximate surface area is 94.8 Å². The zero-order valence-electron chi connectivity index (χ0n) is 7.53. The first kappa shape index (κ1) is 9.98. The van der Waals surface area contributed by atoms with Crippen LogP contribution in [0.3, 0.4) is 0 Å². The molecule has 1 amide bonds. The van der Waals surface area contributed by atoms with E-state index in [1.165, 1.54) is 0 Å². The van der Waals surface area contributed by atoms with Crippen LogP contribution in [0.15, 0.2) is 11.4 Å². The van der Waals surface area contributed by atoms with Crippen molar-refractivity contribution in [2.45, 2.75) is 6.54 Å². The van der Waals surface area contributed by atoms with E-state index in [1.54, 1.807) is 11.3 Å². The molecule has 0 bridgehead atoms. The smallest absolute Gasteiger partial charge is 0.233 e. The molecule has 0 N–H and O–H groups in total. The summed E-state index contributed by atoms with van der Waals surface area (Å²) >= 11 is 4.77. The van der Waals surface area contributed by atoms with Crippen LogP contribution >= 0.6 is 27.3 Å². The van der Waals surface area contributed by atoms with Gasteiger partial charge in [0.25, 0.3) is 0 Å². The zero-order valence-corrected chi connectivity index (χ0v) is 9.94. The SMILES string of the molecule is O=C(CBr)N1CCOc2sccc2C1. The standard InChI is InChI=1S/C9H10BrNO2S/c10-5-8(12)11-2-3-13-9-7(6-11)1-4-14-9/h1,4H,2-3,5-6H2. The molecule has 0 unspecified atom stereocenters. The average Bonchev–Trinajstić information content (AvgIpc) is 2.54. The summed E-state index contributed by atoms with van der Waals surface area (Å²) in [4.78, 5) is 13.3. The fourth-order valence-corrected chi connectivity index (χ4v) is 2.54. The lowest BCUT2D eigenvalue weighted by molar-refractivity contribution is -0.128. The number of hydrogen-bond donors (Lipinski definition) is 0. The van der Waals surface area contributed by atoms with Crippen LogP contribution in [0.2, 0.25) is 0 Å². The number of thiophene rings is 1. The first-order chi connectivity index (χ1) is 6.81. The van der Waals surface area contributed by atoms with Crippen molar-refractivity contribution in [3.05, 3.63) is 17.0 Å². The lowest BCUT2D eigenvalue weighted by Gasteiger charge is -2.17. The minimum Gasteiger partial charge on any atom is -0.482 e. The Kier molecular flexibility index (Phi) is 3.08. The largest absolute Gasteiger partial charge is 0.482 e. The number of fused-ring (bicyclic) bond motifs is 1. The summed E-state index contributed by atoms with van der Waals surface area (Å²) < 4.78 is 5.52. The Hall–Kier alpha value is -0.550. The van der Waals surface area contributed by atoms with Crippen molar-refractivity contribution in [3.8, 4) is 5.06 Å². The third-order valence-electron chi connectivity index (χ3n) is 2.13. The van der Waals surface area contributed by atoms with Gasteiger partial charge in [-0.1, -0.05) is 15.9 Å². The van der Waals surface area contributed by atoms with Gasteiger partial charge in [0, 0.05) is 5.56 Å². The van der Waals surface area contributed by atoms with E-state index >= 15 is 0 Å². The van der Waals surface area contributed by atoms with Crippen LogP contribution in [0.5, 0.6) is 5.06 Å².